The number of hydrogen-bond donors (Lipinski definition) is 0. The fourth-order valence-corrected chi connectivity index (χ4v) is 3.45. The van der Waals surface area contributed by atoms with E-state index in [1.807, 2.05) is 0 Å². The minimum absolute atomic E-state index is 0.0707. The van der Waals surface area contributed by atoms with Crippen LogP contribution in [0.5, 0.6) is 0 Å². The highest BCUT2D eigenvalue weighted by molar-refractivity contribution is 4.83. The molecule has 2 fully saturated rings. The van der Waals surface area contributed by atoms with Crippen LogP contribution in [0.3, 0.4) is 0 Å². The van der Waals surface area contributed by atoms with Crippen molar-refractivity contribution in [3.8, 4) is 0 Å². The lowest BCUT2D eigenvalue weighted by molar-refractivity contribution is -0.238. The van der Waals surface area contributed by atoms with E-state index in [2.05, 4.69) is 27.7 Å². The summed E-state index contributed by atoms with van der Waals surface area (Å²) in [5.41, 5.74) is 0. The Balaban J connectivity index is 1.99. The van der Waals surface area contributed by atoms with Crippen LogP contribution in [0.4, 0.5) is 0 Å². The van der Waals surface area contributed by atoms with Gasteiger partial charge in [-0.25, -0.2) is 0 Å². The van der Waals surface area contributed by atoms with Gasteiger partial charge >= 0.3 is 0 Å². The van der Waals surface area contributed by atoms with E-state index in [0.717, 1.165) is 31.0 Å². The first-order chi connectivity index (χ1) is 8.08. The second-order valence-electron chi connectivity index (χ2n) is 6.63. The molecular formula is C15H28O2. The highest BCUT2D eigenvalue weighted by Gasteiger charge is 2.38. The lowest BCUT2D eigenvalue weighted by Gasteiger charge is -2.43. The van der Waals surface area contributed by atoms with Gasteiger partial charge in [0, 0.05) is 11.8 Å². The third kappa shape index (κ3) is 3.23. The van der Waals surface area contributed by atoms with Gasteiger partial charge in [-0.2, -0.15) is 0 Å². The Morgan fingerprint density at radius 3 is 2.18 bits per heavy atom. The first-order valence-electron chi connectivity index (χ1n) is 7.31. The van der Waals surface area contributed by atoms with Crippen molar-refractivity contribution in [3.05, 3.63) is 0 Å². The van der Waals surface area contributed by atoms with Gasteiger partial charge in [-0.05, 0) is 30.6 Å². The minimum Gasteiger partial charge on any atom is -0.352 e. The van der Waals surface area contributed by atoms with Crippen LogP contribution >= 0.6 is 0 Å². The Hall–Kier alpha value is -0.0800. The molecule has 0 spiro atoms. The van der Waals surface area contributed by atoms with E-state index in [0.29, 0.717) is 11.8 Å². The summed E-state index contributed by atoms with van der Waals surface area (Å²) >= 11 is 0. The van der Waals surface area contributed by atoms with E-state index in [1.165, 1.54) is 19.3 Å². The highest BCUT2D eigenvalue weighted by atomic mass is 16.7. The van der Waals surface area contributed by atoms with Gasteiger partial charge in [0.1, 0.15) is 0 Å². The SMILES string of the molecule is CC1COC(C2CC(C)CCC2C(C)C)OC1. The van der Waals surface area contributed by atoms with E-state index in [9.17, 15) is 0 Å². The van der Waals surface area contributed by atoms with Gasteiger partial charge in [0.05, 0.1) is 13.2 Å². The summed E-state index contributed by atoms with van der Waals surface area (Å²) in [4.78, 5) is 0. The Morgan fingerprint density at radius 2 is 1.59 bits per heavy atom. The van der Waals surface area contributed by atoms with Crippen molar-refractivity contribution in [2.45, 2.75) is 53.2 Å². The zero-order chi connectivity index (χ0) is 12.4. The summed E-state index contributed by atoms with van der Waals surface area (Å²) < 4.78 is 11.9. The van der Waals surface area contributed by atoms with E-state index >= 15 is 0 Å². The summed E-state index contributed by atoms with van der Waals surface area (Å²) in [6, 6.07) is 0. The first kappa shape index (κ1) is 13.4. The van der Waals surface area contributed by atoms with Gasteiger partial charge in [-0.3, -0.25) is 0 Å². The maximum Gasteiger partial charge on any atom is 0.160 e. The summed E-state index contributed by atoms with van der Waals surface area (Å²) in [6.07, 6.45) is 4.08. The normalized spacial score (nSPS) is 43.9. The largest absolute Gasteiger partial charge is 0.352 e. The van der Waals surface area contributed by atoms with E-state index in [4.69, 9.17) is 9.47 Å². The Kier molecular flexibility index (Phi) is 4.48. The molecule has 1 aliphatic heterocycles. The third-order valence-corrected chi connectivity index (χ3v) is 4.51. The van der Waals surface area contributed by atoms with Crippen LogP contribution < -0.4 is 0 Å². The van der Waals surface area contributed by atoms with Crippen LogP contribution in [-0.4, -0.2) is 19.5 Å². The van der Waals surface area contributed by atoms with Gasteiger partial charge in [0.25, 0.3) is 0 Å². The summed E-state index contributed by atoms with van der Waals surface area (Å²) in [7, 11) is 0. The number of hydrogen-bond acceptors (Lipinski definition) is 2. The minimum atomic E-state index is 0.0707. The lowest BCUT2D eigenvalue weighted by Crippen LogP contribution is -2.43. The van der Waals surface area contributed by atoms with Crippen molar-refractivity contribution in [1.82, 2.24) is 0 Å². The van der Waals surface area contributed by atoms with Crippen LogP contribution in [-0.2, 0) is 9.47 Å². The Morgan fingerprint density at radius 1 is 0.941 bits per heavy atom. The molecule has 0 amide bonds. The van der Waals surface area contributed by atoms with E-state index in [-0.39, 0.29) is 6.29 Å². The molecule has 17 heavy (non-hydrogen) atoms. The van der Waals surface area contributed by atoms with E-state index < -0.39 is 0 Å². The molecule has 1 saturated carbocycles. The maximum atomic E-state index is 5.94. The average molecular weight is 240 g/mol. The van der Waals surface area contributed by atoms with Gasteiger partial charge in [-0.15, -0.1) is 0 Å². The third-order valence-electron chi connectivity index (χ3n) is 4.51. The highest BCUT2D eigenvalue weighted by Crippen LogP contribution is 2.41. The second kappa shape index (κ2) is 5.71. The van der Waals surface area contributed by atoms with Crippen LogP contribution in [0.2, 0.25) is 0 Å². The molecule has 0 N–H and O–H groups in total. The quantitative estimate of drug-likeness (QED) is 0.732. The molecule has 2 rings (SSSR count). The van der Waals surface area contributed by atoms with Gasteiger partial charge in [0.2, 0.25) is 0 Å². The molecule has 0 radical (unpaired) electrons. The van der Waals surface area contributed by atoms with Crippen molar-refractivity contribution in [2.24, 2.45) is 29.6 Å². The van der Waals surface area contributed by atoms with Crippen molar-refractivity contribution in [1.29, 1.82) is 0 Å². The summed E-state index contributed by atoms with van der Waals surface area (Å²) in [5, 5.41) is 0. The van der Waals surface area contributed by atoms with E-state index in [1.54, 1.807) is 0 Å². The fraction of sp³-hybridized carbons (Fsp3) is 1.00. The predicted octanol–water partition coefficient (Wildman–Crippen LogP) is 3.70. The average Bonchev–Trinajstić information content (AvgIpc) is 2.29. The molecule has 2 aliphatic rings. The molecule has 0 aromatic carbocycles. The summed E-state index contributed by atoms with van der Waals surface area (Å²) in [6.45, 7) is 11.0. The van der Waals surface area contributed by atoms with Gasteiger partial charge in [0.15, 0.2) is 6.29 Å². The van der Waals surface area contributed by atoms with Crippen LogP contribution in [0.15, 0.2) is 0 Å². The molecule has 3 atom stereocenters. The molecule has 2 heteroatoms. The number of ether oxygens (including phenoxy) is 2. The maximum absolute atomic E-state index is 5.94. The van der Waals surface area contributed by atoms with Crippen molar-refractivity contribution in [3.63, 3.8) is 0 Å². The molecule has 2 nitrogen and oxygen atoms in total. The van der Waals surface area contributed by atoms with Crippen molar-refractivity contribution < 1.29 is 9.47 Å². The molecule has 3 unspecified atom stereocenters. The molecule has 0 bridgehead atoms. The lowest BCUT2D eigenvalue weighted by atomic mass is 9.69. The zero-order valence-corrected chi connectivity index (χ0v) is 11.8. The van der Waals surface area contributed by atoms with Gasteiger partial charge < -0.3 is 9.47 Å². The Labute approximate surface area is 106 Å². The predicted molar refractivity (Wildman–Crippen MR) is 69.7 cm³/mol. The summed E-state index contributed by atoms with van der Waals surface area (Å²) in [5.74, 6) is 3.54. The van der Waals surface area contributed by atoms with Crippen LogP contribution in [0.1, 0.15) is 47.0 Å². The molecule has 0 aromatic rings. The zero-order valence-electron chi connectivity index (χ0n) is 11.8. The monoisotopic (exact) mass is 240 g/mol. The first-order valence-corrected chi connectivity index (χ1v) is 7.31. The van der Waals surface area contributed by atoms with Crippen molar-refractivity contribution >= 4 is 0 Å². The van der Waals surface area contributed by atoms with Crippen LogP contribution in [0, 0.1) is 29.6 Å². The molecular weight excluding hydrogens is 212 g/mol. The molecule has 1 saturated heterocycles. The van der Waals surface area contributed by atoms with Crippen LogP contribution in [0.25, 0.3) is 0 Å². The molecule has 0 aromatic heterocycles. The topological polar surface area (TPSA) is 18.5 Å². The smallest absolute Gasteiger partial charge is 0.160 e. The van der Waals surface area contributed by atoms with Gasteiger partial charge in [-0.1, -0.05) is 34.1 Å². The second-order valence-corrected chi connectivity index (χ2v) is 6.63. The standard InChI is InChI=1S/C15H28O2/c1-10(2)13-6-5-11(3)7-14(13)15-16-8-12(4)9-17-15/h10-15H,5-9H2,1-4H3. The fourth-order valence-electron chi connectivity index (χ4n) is 3.45. The Bertz CT molecular complexity index is 231. The molecule has 1 heterocycles. The molecule has 1 aliphatic carbocycles. The number of rotatable bonds is 2. The molecule has 100 valence electrons. The van der Waals surface area contributed by atoms with Crippen molar-refractivity contribution in [2.75, 3.05) is 13.2 Å².